The van der Waals surface area contributed by atoms with Crippen molar-refractivity contribution in [2.45, 2.75) is 31.1 Å². The molecule has 3 rings (SSSR count). The van der Waals surface area contributed by atoms with Gasteiger partial charge in [0.2, 0.25) is 15.9 Å². The minimum absolute atomic E-state index is 0.0870. The van der Waals surface area contributed by atoms with E-state index in [1.807, 2.05) is 26.1 Å². The number of fused-ring (bicyclic) bond motifs is 1. The van der Waals surface area contributed by atoms with E-state index in [2.05, 4.69) is 5.32 Å². The molecule has 1 aliphatic carbocycles. The molecular weight excluding hydrogens is 338 g/mol. The van der Waals surface area contributed by atoms with Crippen LogP contribution in [-0.2, 0) is 27.7 Å². The third kappa shape index (κ3) is 3.73. The first kappa shape index (κ1) is 18.4. The number of nitrogens with zero attached hydrogens (tertiary/aromatic N) is 2. The molecule has 1 aromatic rings. The van der Waals surface area contributed by atoms with Gasteiger partial charge in [-0.3, -0.25) is 4.79 Å². The van der Waals surface area contributed by atoms with E-state index >= 15 is 0 Å². The predicted octanol–water partition coefficient (Wildman–Crippen LogP) is 0.864. The summed E-state index contributed by atoms with van der Waals surface area (Å²) in [4.78, 5) is 14.5. The average Bonchev–Trinajstić information content (AvgIpc) is 3.09. The van der Waals surface area contributed by atoms with Gasteiger partial charge in [0.1, 0.15) is 0 Å². The van der Waals surface area contributed by atoms with E-state index in [4.69, 9.17) is 0 Å². The second kappa shape index (κ2) is 7.43. The molecule has 1 amide bonds. The van der Waals surface area contributed by atoms with Crippen molar-refractivity contribution < 1.29 is 13.2 Å². The second-order valence-electron chi connectivity index (χ2n) is 6.97. The molecule has 1 atom stereocenters. The number of carbonyl (C=O) groups is 1. The fraction of sp³-hybridized carbons (Fsp3) is 0.611. The van der Waals surface area contributed by atoms with Gasteiger partial charge in [-0.15, -0.1) is 0 Å². The Labute approximate surface area is 150 Å². The number of nitrogens with one attached hydrogen (secondary N) is 1. The summed E-state index contributed by atoms with van der Waals surface area (Å²) in [6.45, 7) is 4.15. The van der Waals surface area contributed by atoms with Crippen LogP contribution in [-0.4, -0.2) is 63.3 Å². The summed E-state index contributed by atoms with van der Waals surface area (Å²) in [6, 6.07) is 5.52. The summed E-state index contributed by atoms with van der Waals surface area (Å²) < 4.78 is 27.3. The van der Waals surface area contributed by atoms with Crippen LogP contribution in [0.25, 0.3) is 0 Å². The Morgan fingerprint density at radius 1 is 1.16 bits per heavy atom. The number of aryl methyl sites for hydroxylation is 2. The lowest BCUT2D eigenvalue weighted by molar-refractivity contribution is -0.136. The standard InChI is InChI=1S/C18H27N3O3S/c1-14(13-19-2)18(22)20-8-10-21(11-9-20)25(23,24)17-7-6-15-4-3-5-16(15)12-17/h6-7,12,14,19H,3-5,8-11,13H2,1-2H3. The summed E-state index contributed by atoms with van der Waals surface area (Å²) in [5.41, 5.74) is 2.43. The molecule has 1 saturated heterocycles. The first-order valence-corrected chi connectivity index (χ1v) is 10.4. The number of hydrogen-bond acceptors (Lipinski definition) is 4. The number of carbonyl (C=O) groups excluding carboxylic acids is 1. The maximum Gasteiger partial charge on any atom is 0.243 e. The van der Waals surface area contributed by atoms with Crippen LogP contribution in [0, 0.1) is 5.92 Å². The second-order valence-corrected chi connectivity index (χ2v) is 8.91. The van der Waals surface area contributed by atoms with Crippen molar-refractivity contribution in [3.05, 3.63) is 29.3 Å². The number of rotatable bonds is 5. The molecule has 0 saturated carbocycles. The third-order valence-electron chi connectivity index (χ3n) is 5.19. The fourth-order valence-corrected chi connectivity index (χ4v) is 5.19. The molecule has 1 heterocycles. The topological polar surface area (TPSA) is 69.7 Å². The Hall–Kier alpha value is -1.44. The molecule has 0 spiro atoms. The lowest BCUT2D eigenvalue weighted by atomic mass is 10.1. The van der Waals surface area contributed by atoms with E-state index in [9.17, 15) is 13.2 Å². The van der Waals surface area contributed by atoms with Crippen LogP contribution in [0.3, 0.4) is 0 Å². The first-order chi connectivity index (χ1) is 11.9. The van der Waals surface area contributed by atoms with Gasteiger partial charge in [0.15, 0.2) is 0 Å². The predicted molar refractivity (Wildman–Crippen MR) is 96.9 cm³/mol. The van der Waals surface area contributed by atoms with Gasteiger partial charge in [0.25, 0.3) is 0 Å². The van der Waals surface area contributed by atoms with Crippen molar-refractivity contribution in [2.24, 2.45) is 5.92 Å². The molecule has 0 radical (unpaired) electrons. The quantitative estimate of drug-likeness (QED) is 0.840. The average molecular weight is 365 g/mol. The Morgan fingerprint density at radius 2 is 1.84 bits per heavy atom. The molecule has 1 unspecified atom stereocenters. The molecule has 138 valence electrons. The summed E-state index contributed by atoms with van der Waals surface area (Å²) in [6.07, 6.45) is 3.11. The zero-order valence-corrected chi connectivity index (χ0v) is 15.8. The molecule has 1 aromatic carbocycles. The van der Waals surface area contributed by atoms with Gasteiger partial charge in [-0.05, 0) is 49.6 Å². The highest BCUT2D eigenvalue weighted by atomic mass is 32.2. The molecule has 1 fully saturated rings. The van der Waals surface area contributed by atoms with Crippen LogP contribution < -0.4 is 5.32 Å². The van der Waals surface area contributed by atoms with E-state index < -0.39 is 10.0 Å². The Balaban J connectivity index is 1.67. The summed E-state index contributed by atoms with van der Waals surface area (Å²) in [7, 11) is -1.66. The van der Waals surface area contributed by atoms with Gasteiger partial charge in [0.05, 0.1) is 4.90 Å². The first-order valence-electron chi connectivity index (χ1n) is 8.99. The van der Waals surface area contributed by atoms with E-state index in [1.54, 1.807) is 11.0 Å². The largest absolute Gasteiger partial charge is 0.340 e. The van der Waals surface area contributed by atoms with Crippen LogP contribution in [0.2, 0.25) is 0 Å². The van der Waals surface area contributed by atoms with Crippen LogP contribution in [0.1, 0.15) is 24.5 Å². The molecule has 6 nitrogen and oxygen atoms in total. The zero-order chi connectivity index (χ0) is 18.0. The minimum Gasteiger partial charge on any atom is -0.340 e. The van der Waals surface area contributed by atoms with Crippen LogP contribution in [0.15, 0.2) is 23.1 Å². The van der Waals surface area contributed by atoms with Gasteiger partial charge in [-0.1, -0.05) is 13.0 Å². The van der Waals surface area contributed by atoms with E-state index in [1.165, 1.54) is 9.87 Å². The maximum atomic E-state index is 12.9. The highest BCUT2D eigenvalue weighted by Gasteiger charge is 2.31. The lowest BCUT2D eigenvalue weighted by Crippen LogP contribution is -2.52. The molecule has 0 bridgehead atoms. The van der Waals surface area contributed by atoms with Crippen molar-refractivity contribution in [1.82, 2.24) is 14.5 Å². The maximum absolute atomic E-state index is 12.9. The fourth-order valence-electron chi connectivity index (χ4n) is 3.71. The molecule has 2 aliphatic rings. The number of amides is 1. The zero-order valence-electron chi connectivity index (χ0n) is 15.0. The smallest absolute Gasteiger partial charge is 0.243 e. The third-order valence-corrected chi connectivity index (χ3v) is 7.08. The van der Waals surface area contributed by atoms with Gasteiger partial charge in [-0.2, -0.15) is 4.31 Å². The molecular formula is C18H27N3O3S. The van der Waals surface area contributed by atoms with E-state index in [0.717, 1.165) is 24.8 Å². The van der Waals surface area contributed by atoms with Crippen molar-refractivity contribution >= 4 is 15.9 Å². The highest BCUT2D eigenvalue weighted by molar-refractivity contribution is 7.89. The van der Waals surface area contributed by atoms with Gasteiger partial charge in [0, 0.05) is 38.6 Å². The minimum atomic E-state index is -3.48. The van der Waals surface area contributed by atoms with Gasteiger partial charge in [-0.25, -0.2) is 8.42 Å². The Morgan fingerprint density at radius 3 is 2.52 bits per heavy atom. The highest BCUT2D eigenvalue weighted by Crippen LogP contribution is 2.26. The van der Waals surface area contributed by atoms with Crippen molar-refractivity contribution in [3.8, 4) is 0 Å². The molecule has 7 heteroatoms. The lowest BCUT2D eigenvalue weighted by Gasteiger charge is -2.35. The van der Waals surface area contributed by atoms with E-state index in [-0.39, 0.29) is 11.8 Å². The normalized spacial score (nSPS) is 19.7. The number of piperazine rings is 1. The molecule has 1 N–H and O–H groups in total. The molecule has 1 aliphatic heterocycles. The monoisotopic (exact) mass is 365 g/mol. The SMILES string of the molecule is CNCC(C)C(=O)N1CCN(S(=O)(=O)c2ccc3c(c2)CCC3)CC1. The van der Waals surface area contributed by atoms with Crippen LogP contribution in [0.5, 0.6) is 0 Å². The number of hydrogen-bond donors (Lipinski definition) is 1. The van der Waals surface area contributed by atoms with Crippen molar-refractivity contribution in [2.75, 3.05) is 39.8 Å². The summed E-state index contributed by atoms with van der Waals surface area (Å²) >= 11 is 0. The number of benzene rings is 1. The van der Waals surface area contributed by atoms with Crippen molar-refractivity contribution in [1.29, 1.82) is 0 Å². The number of sulfonamides is 1. The molecule has 25 heavy (non-hydrogen) atoms. The van der Waals surface area contributed by atoms with Crippen molar-refractivity contribution in [3.63, 3.8) is 0 Å². The van der Waals surface area contributed by atoms with E-state index in [0.29, 0.717) is 37.6 Å². The molecule has 0 aromatic heterocycles. The van der Waals surface area contributed by atoms with Gasteiger partial charge < -0.3 is 10.2 Å². The summed E-state index contributed by atoms with van der Waals surface area (Å²) in [5.74, 6) is -0.00574. The van der Waals surface area contributed by atoms with Crippen LogP contribution >= 0.6 is 0 Å². The van der Waals surface area contributed by atoms with Crippen LogP contribution in [0.4, 0.5) is 0 Å². The Bertz CT molecular complexity index is 740. The van der Waals surface area contributed by atoms with Gasteiger partial charge >= 0.3 is 0 Å². The summed E-state index contributed by atoms with van der Waals surface area (Å²) in [5, 5.41) is 3.01. The Kier molecular flexibility index (Phi) is 5.46.